The number of hydrogen-bond donors (Lipinski definition) is 3. The van der Waals surface area contributed by atoms with Gasteiger partial charge in [-0.3, -0.25) is 4.79 Å². The van der Waals surface area contributed by atoms with Gasteiger partial charge in [0.1, 0.15) is 5.82 Å². The molecule has 1 heterocycles. The van der Waals surface area contributed by atoms with Crippen LogP contribution in [0.25, 0.3) is 0 Å². The molecule has 150 valence electrons. The van der Waals surface area contributed by atoms with E-state index in [9.17, 15) is 14.3 Å². The average Bonchev–Trinajstić information content (AvgIpc) is 2.97. The minimum Gasteiger partial charge on any atom is -0.377 e. The third-order valence-corrected chi connectivity index (χ3v) is 4.50. The van der Waals surface area contributed by atoms with Gasteiger partial charge in [0.15, 0.2) is 0 Å². The Morgan fingerprint density at radius 3 is 2.76 bits per heavy atom. The summed E-state index contributed by atoms with van der Waals surface area (Å²) in [6.45, 7) is 2.55. The van der Waals surface area contributed by atoms with E-state index in [1.807, 2.05) is 6.07 Å². The molecular weight excluding hydrogens is 395 g/mol. The normalized spacial score (nSPS) is 18.2. The molecule has 2 atom stereocenters. The van der Waals surface area contributed by atoms with Gasteiger partial charge < -0.3 is 25.4 Å². The van der Waals surface area contributed by atoms with Gasteiger partial charge in [0.05, 0.1) is 40.6 Å². The first kappa shape index (κ1) is 20.7. The summed E-state index contributed by atoms with van der Waals surface area (Å²) in [5.74, 6) is -0.600. The lowest BCUT2D eigenvalue weighted by Gasteiger charge is -2.21. The van der Waals surface area contributed by atoms with Crippen LogP contribution in [0, 0.1) is 17.1 Å². The van der Waals surface area contributed by atoms with Crippen LogP contribution in [0.5, 0.6) is 0 Å². The molecule has 1 fully saturated rings. The van der Waals surface area contributed by atoms with Crippen molar-refractivity contribution >= 4 is 34.3 Å². The Labute approximate surface area is 172 Å². The Morgan fingerprint density at radius 2 is 2.07 bits per heavy atom. The second-order valence-corrected chi connectivity index (χ2v) is 7.09. The molecule has 7 nitrogen and oxygen atoms in total. The highest BCUT2D eigenvalue weighted by atomic mass is 32.1. The smallest absolute Gasteiger partial charge is 0.238 e. The van der Waals surface area contributed by atoms with E-state index >= 15 is 0 Å². The van der Waals surface area contributed by atoms with Crippen molar-refractivity contribution in [2.75, 3.05) is 23.3 Å². The number of nitriles is 1. The topological polar surface area (TPSA) is 97.6 Å². The number of nitrogens with zero attached hydrogens (tertiary/aromatic N) is 2. The second-order valence-electron chi connectivity index (χ2n) is 6.47. The predicted octanol–water partition coefficient (Wildman–Crippen LogP) is 2.22. The van der Waals surface area contributed by atoms with Crippen molar-refractivity contribution in [3.63, 3.8) is 0 Å². The molecule has 1 aliphatic heterocycles. The van der Waals surface area contributed by atoms with Crippen molar-refractivity contribution in [2.45, 2.75) is 19.4 Å². The number of nitrogens with one attached hydrogen (secondary N) is 2. The van der Waals surface area contributed by atoms with Crippen LogP contribution in [-0.2, 0) is 4.74 Å². The summed E-state index contributed by atoms with van der Waals surface area (Å²) in [6, 6.07) is 11.9. The lowest BCUT2D eigenvalue weighted by atomic mass is 10.2. The molecule has 1 unspecified atom stereocenters. The summed E-state index contributed by atoms with van der Waals surface area (Å²) in [5.41, 5.74) is 0.628. The predicted molar refractivity (Wildman–Crippen MR) is 112 cm³/mol. The molecule has 9 heteroatoms. The zero-order valence-corrected chi connectivity index (χ0v) is 16.4. The molecule has 1 saturated heterocycles. The maximum Gasteiger partial charge on any atom is 0.238 e. The van der Waals surface area contributed by atoms with Crippen LogP contribution in [0.4, 0.5) is 21.5 Å². The summed E-state index contributed by atoms with van der Waals surface area (Å²) in [4.78, 5) is 14.2. The molecule has 3 N–H and O–H groups in total. The van der Waals surface area contributed by atoms with Gasteiger partial charge in [-0.25, -0.2) is 4.39 Å². The van der Waals surface area contributed by atoms with Crippen LogP contribution < -0.4 is 21.0 Å². The summed E-state index contributed by atoms with van der Waals surface area (Å²) >= 11 is 4.96. The standard InChI is InChI=1S/C20H19FN4O3S/c1-12(29)23-10-15-11-25(20(27)28-15)14-4-6-17(16(21)8-14)24-18-5-2-13(9-22)3-7-19(18)26/h2-8,15,20,27H,10-11H2,1H3,(H,23,29)(H,24,26)/t15-,20?/m0/s1. The van der Waals surface area contributed by atoms with Crippen LogP contribution in [-0.4, -0.2) is 35.7 Å². The van der Waals surface area contributed by atoms with E-state index in [1.54, 1.807) is 13.0 Å². The zero-order valence-electron chi connectivity index (χ0n) is 15.6. The Morgan fingerprint density at radius 1 is 1.34 bits per heavy atom. The van der Waals surface area contributed by atoms with Crippen molar-refractivity contribution in [2.24, 2.45) is 0 Å². The molecule has 2 aromatic carbocycles. The lowest BCUT2D eigenvalue weighted by molar-refractivity contribution is -0.0864. The highest BCUT2D eigenvalue weighted by Crippen LogP contribution is 2.28. The van der Waals surface area contributed by atoms with Gasteiger partial charge in [-0.1, -0.05) is 12.2 Å². The monoisotopic (exact) mass is 414 g/mol. The van der Waals surface area contributed by atoms with Gasteiger partial charge in [-0.2, -0.15) is 5.26 Å². The van der Waals surface area contributed by atoms with Crippen molar-refractivity contribution in [1.82, 2.24) is 5.32 Å². The molecule has 2 aromatic rings. The maximum absolute atomic E-state index is 14.6. The van der Waals surface area contributed by atoms with Crippen LogP contribution in [0.2, 0.25) is 0 Å². The number of thiocarbonyl (C=S) groups is 1. The number of halogens is 1. The minimum absolute atomic E-state index is 0.0970. The van der Waals surface area contributed by atoms with Gasteiger partial charge in [-0.05, 0) is 49.4 Å². The fourth-order valence-electron chi connectivity index (χ4n) is 2.87. The van der Waals surface area contributed by atoms with Crippen molar-refractivity contribution in [3.8, 4) is 6.07 Å². The molecule has 0 saturated carbocycles. The lowest BCUT2D eigenvalue weighted by Crippen LogP contribution is -2.33. The van der Waals surface area contributed by atoms with E-state index in [0.717, 1.165) is 0 Å². The SMILES string of the molecule is CC(=S)NC[C@H]1CN(c2ccc(Nc3ccc(C#N)ccc3=O)c(F)c2)C(O)O1. The first-order chi connectivity index (χ1) is 13.9. The number of ether oxygens (including phenoxy) is 1. The molecule has 29 heavy (non-hydrogen) atoms. The van der Waals surface area contributed by atoms with E-state index in [0.29, 0.717) is 29.3 Å². The number of rotatable bonds is 5. The van der Waals surface area contributed by atoms with Gasteiger partial charge in [0.25, 0.3) is 0 Å². The van der Waals surface area contributed by atoms with E-state index in [1.165, 1.54) is 41.3 Å². The fourth-order valence-corrected chi connectivity index (χ4v) is 2.96. The van der Waals surface area contributed by atoms with Crippen molar-refractivity contribution in [3.05, 3.63) is 64.1 Å². The van der Waals surface area contributed by atoms with Crippen molar-refractivity contribution < 1.29 is 14.2 Å². The molecule has 0 aromatic heterocycles. The number of benzene rings is 1. The van der Waals surface area contributed by atoms with E-state index < -0.39 is 12.2 Å². The molecule has 0 bridgehead atoms. The molecule has 1 aliphatic rings. The Kier molecular flexibility index (Phi) is 6.39. The number of aliphatic hydroxyl groups is 1. The van der Waals surface area contributed by atoms with Crippen LogP contribution in [0.15, 0.2) is 47.3 Å². The number of hydrogen-bond acceptors (Lipinski definition) is 7. The third-order valence-electron chi connectivity index (χ3n) is 4.35. The van der Waals surface area contributed by atoms with Gasteiger partial charge in [0.2, 0.25) is 11.8 Å². The average molecular weight is 414 g/mol. The largest absolute Gasteiger partial charge is 0.377 e. The van der Waals surface area contributed by atoms with E-state index in [-0.39, 0.29) is 22.9 Å². The molecular formula is C20H19FN4O3S. The highest BCUT2D eigenvalue weighted by Gasteiger charge is 2.31. The van der Waals surface area contributed by atoms with Crippen LogP contribution in [0.1, 0.15) is 12.5 Å². The Bertz CT molecular complexity index is 1030. The fraction of sp³-hybridized carbons (Fsp3) is 0.250. The van der Waals surface area contributed by atoms with Gasteiger partial charge in [0, 0.05) is 12.2 Å². The van der Waals surface area contributed by atoms with E-state index in [2.05, 4.69) is 10.6 Å². The highest BCUT2D eigenvalue weighted by molar-refractivity contribution is 7.80. The molecule has 0 spiro atoms. The summed E-state index contributed by atoms with van der Waals surface area (Å²) < 4.78 is 20.1. The summed E-state index contributed by atoms with van der Waals surface area (Å²) in [5, 5.41) is 24.8. The van der Waals surface area contributed by atoms with Crippen molar-refractivity contribution in [1.29, 1.82) is 5.26 Å². The second kappa shape index (κ2) is 8.96. The van der Waals surface area contributed by atoms with Gasteiger partial charge in [-0.15, -0.1) is 0 Å². The van der Waals surface area contributed by atoms with Gasteiger partial charge >= 0.3 is 0 Å². The first-order valence-electron chi connectivity index (χ1n) is 8.83. The minimum atomic E-state index is -1.20. The maximum atomic E-state index is 14.6. The summed E-state index contributed by atoms with van der Waals surface area (Å²) in [6.07, 6.45) is -1.50. The molecule has 0 amide bonds. The summed E-state index contributed by atoms with van der Waals surface area (Å²) in [7, 11) is 0. The van der Waals surface area contributed by atoms with Crippen LogP contribution in [0.3, 0.4) is 0 Å². The van der Waals surface area contributed by atoms with Crippen LogP contribution >= 0.6 is 12.2 Å². The number of aliphatic hydroxyl groups excluding tert-OH is 1. The Balaban J connectivity index is 1.76. The zero-order chi connectivity index (χ0) is 21.0. The molecule has 0 aliphatic carbocycles. The third kappa shape index (κ3) is 5.06. The molecule has 0 radical (unpaired) electrons. The number of anilines is 3. The van der Waals surface area contributed by atoms with E-state index in [4.69, 9.17) is 22.2 Å². The Hall–Kier alpha value is -3.06. The molecule has 3 rings (SSSR count). The first-order valence-corrected chi connectivity index (χ1v) is 9.24. The quantitative estimate of drug-likeness (QED) is 0.641.